The van der Waals surface area contributed by atoms with Gasteiger partial charge in [0.1, 0.15) is 0 Å². The van der Waals surface area contributed by atoms with E-state index in [1.807, 2.05) is 24.3 Å². The maximum atomic E-state index is 3.56. The van der Waals surface area contributed by atoms with Crippen molar-refractivity contribution in [3.8, 4) is 11.1 Å². The monoisotopic (exact) mass is 465 g/mol. The van der Waals surface area contributed by atoms with Crippen molar-refractivity contribution in [2.75, 3.05) is 0 Å². The smallest absolute Gasteiger partial charge is 0.0261 e. The summed E-state index contributed by atoms with van der Waals surface area (Å²) in [4.78, 5) is 0. The van der Waals surface area contributed by atoms with Crippen LogP contribution in [-0.4, -0.2) is 0 Å². The van der Waals surface area contributed by atoms with E-state index in [2.05, 4.69) is 75.9 Å². The summed E-state index contributed by atoms with van der Waals surface area (Å²) >= 11 is 14.0. The molecule has 0 amide bonds. The zero-order chi connectivity index (χ0) is 11.7. The molecule has 0 aliphatic carbocycles. The van der Waals surface area contributed by atoms with Gasteiger partial charge in [-0.3, -0.25) is 0 Å². The maximum absolute atomic E-state index is 3.56. The summed E-state index contributed by atoms with van der Waals surface area (Å²) in [5.41, 5.74) is 2.26. The van der Waals surface area contributed by atoms with Crippen molar-refractivity contribution in [3.05, 3.63) is 54.3 Å². The first-order chi connectivity index (χ1) is 7.58. The molecule has 2 rings (SSSR count). The van der Waals surface area contributed by atoms with Gasteiger partial charge < -0.3 is 0 Å². The molecule has 4 heteroatoms. The molecule has 0 fully saturated rings. The topological polar surface area (TPSA) is 0 Å². The summed E-state index contributed by atoms with van der Waals surface area (Å²) in [6, 6.07) is 13.1. The fourth-order valence-electron chi connectivity index (χ4n) is 1.36. The SMILES string of the molecule is Brc1[c]cc(Br)c(-c2cc(Br)ccc2Br)c1. The number of benzene rings is 2. The number of rotatable bonds is 1. The molecule has 0 aliphatic heterocycles. The van der Waals surface area contributed by atoms with Gasteiger partial charge in [-0.05, 0) is 47.5 Å². The van der Waals surface area contributed by atoms with Gasteiger partial charge >= 0.3 is 0 Å². The summed E-state index contributed by atoms with van der Waals surface area (Å²) in [6.45, 7) is 0. The van der Waals surface area contributed by atoms with E-state index in [0.29, 0.717) is 0 Å². The highest BCUT2D eigenvalue weighted by Gasteiger charge is 2.08. The predicted octanol–water partition coefficient (Wildman–Crippen LogP) is 6.20. The first-order valence-corrected chi connectivity index (χ1v) is 7.57. The third-order valence-electron chi connectivity index (χ3n) is 2.08. The quantitative estimate of drug-likeness (QED) is 0.467. The van der Waals surface area contributed by atoms with Gasteiger partial charge in [-0.25, -0.2) is 0 Å². The van der Waals surface area contributed by atoms with E-state index < -0.39 is 0 Å². The predicted molar refractivity (Wildman–Crippen MR) is 81.5 cm³/mol. The summed E-state index contributed by atoms with van der Waals surface area (Å²) in [6.07, 6.45) is 0. The molecular formula is C12H5Br4. The lowest BCUT2D eigenvalue weighted by Crippen LogP contribution is -1.83. The van der Waals surface area contributed by atoms with Gasteiger partial charge in [-0.15, -0.1) is 0 Å². The molecule has 0 saturated carbocycles. The lowest BCUT2D eigenvalue weighted by Gasteiger charge is -2.08. The van der Waals surface area contributed by atoms with Crippen LogP contribution in [-0.2, 0) is 0 Å². The molecule has 0 bridgehead atoms. The van der Waals surface area contributed by atoms with Crippen LogP contribution in [0, 0.1) is 6.07 Å². The normalized spacial score (nSPS) is 10.5. The molecule has 0 aliphatic rings. The lowest BCUT2D eigenvalue weighted by molar-refractivity contribution is 1.51. The van der Waals surface area contributed by atoms with Crippen molar-refractivity contribution >= 4 is 63.7 Å². The van der Waals surface area contributed by atoms with Crippen molar-refractivity contribution in [3.63, 3.8) is 0 Å². The second-order valence-corrected chi connectivity index (χ2v) is 6.65. The Morgan fingerprint density at radius 1 is 0.812 bits per heavy atom. The zero-order valence-corrected chi connectivity index (χ0v) is 14.2. The Morgan fingerprint density at radius 2 is 1.50 bits per heavy atom. The van der Waals surface area contributed by atoms with E-state index in [1.165, 1.54) is 0 Å². The molecule has 1 radical (unpaired) electrons. The van der Waals surface area contributed by atoms with E-state index in [0.717, 1.165) is 29.0 Å². The first kappa shape index (κ1) is 12.8. The highest BCUT2D eigenvalue weighted by atomic mass is 79.9. The molecule has 0 N–H and O–H groups in total. The summed E-state index contributed by atoms with van der Waals surface area (Å²) in [7, 11) is 0. The molecular weight excluding hydrogens is 464 g/mol. The van der Waals surface area contributed by atoms with E-state index in [4.69, 9.17) is 0 Å². The Kier molecular flexibility index (Phi) is 4.27. The van der Waals surface area contributed by atoms with Gasteiger partial charge in [0.15, 0.2) is 0 Å². The van der Waals surface area contributed by atoms with Crippen molar-refractivity contribution in [1.82, 2.24) is 0 Å². The molecule has 16 heavy (non-hydrogen) atoms. The van der Waals surface area contributed by atoms with Gasteiger partial charge in [0.05, 0.1) is 0 Å². The largest absolute Gasteiger partial charge is 0.0508 e. The van der Waals surface area contributed by atoms with Crippen molar-refractivity contribution in [2.45, 2.75) is 0 Å². The molecule has 0 spiro atoms. The minimum absolute atomic E-state index is 0.942. The minimum Gasteiger partial charge on any atom is -0.0508 e. The third kappa shape index (κ3) is 2.78. The van der Waals surface area contributed by atoms with Crippen LogP contribution >= 0.6 is 63.7 Å². The van der Waals surface area contributed by atoms with Gasteiger partial charge in [-0.1, -0.05) is 63.7 Å². The number of halogens is 4. The maximum Gasteiger partial charge on any atom is 0.0261 e. The van der Waals surface area contributed by atoms with Crippen LogP contribution in [0.15, 0.2) is 48.2 Å². The van der Waals surface area contributed by atoms with Gasteiger partial charge in [0, 0.05) is 17.9 Å². The Bertz CT molecular complexity index is 485. The third-order valence-corrected chi connectivity index (χ3v) is 4.38. The fourth-order valence-corrected chi connectivity index (χ4v) is 2.96. The van der Waals surface area contributed by atoms with Crippen molar-refractivity contribution in [1.29, 1.82) is 0 Å². The summed E-state index contributed by atoms with van der Waals surface area (Å²) < 4.78 is 4.09. The van der Waals surface area contributed by atoms with E-state index in [9.17, 15) is 0 Å². The van der Waals surface area contributed by atoms with Gasteiger partial charge in [0.25, 0.3) is 0 Å². The highest BCUT2D eigenvalue weighted by Crippen LogP contribution is 2.36. The second kappa shape index (κ2) is 5.34. The van der Waals surface area contributed by atoms with Crippen LogP contribution in [0.4, 0.5) is 0 Å². The van der Waals surface area contributed by atoms with Crippen molar-refractivity contribution in [2.24, 2.45) is 0 Å². The van der Waals surface area contributed by atoms with Crippen LogP contribution in [0.25, 0.3) is 11.1 Å². The first-order valence-electron chi connectivity index (χ1n) is 4.40. The molecule has 0 heterocycles. The Balaban J connectivity index is 2.66. The Morgan fingerprint density at radius 3 is 2.25 bits per heavy atom. The molecule has 2 aromatic carbocycles. The Labute approximate surface area is 128 Å². The van der Waals surface area contributed by atoms with E-state index in [-0.39, 0.29) is 0 Å². The standard InChI is InChI=1S/C12H5Br4/c13-7-1-3-11(15)9(5-7)10-6-8(14)2-4-12(10)16/h1,3-6H. The van der Waals surface area contributed by atoms with Gasteiger partial charge in [0.2, 0.25) is 0 Å². The molecule has 81 valence electrons. The highest BCUT2D eigenvalue weighted by molar-refractivity contribution is 9.11. The molecule has 0 unspecified atom stereocenters. The molecule has 0 saturated heterocycles. The molecule has 0 nitrogen and oxygen atoms in total. The van der Waals surface area contributed by atoms with Gasteiger partial charge in [-0.2, -0.15) is 0 Å². The average Bonchev–Trinajstić information content (AvgIpc) is 2.25. The van der Waals surface area contributed by atoms with Crippen LogP contribution in [0.3, 0.4) is 0 Å². The van der Waals surface area contributed by atoms with E-state index >= 15 is 0 Å². The minimum atomic E-state index is 0.942. The zero-order valence-electron chi connectivity index (χ0n) is 7.90. The van der Waals surface area contributed by atoms with Crippen LogP contribution < -0.4 is 0 Å². The van der Waals surface area contributed by atoms with Crippen LogP contribution in [0.2, 0.25) is 0 Å². The lowest BCUT2D eigenvalue weighted by atomic mass is 10.1. The molecule has 0 atom stereocenters. The molecule has 0 aromatic heterocycles. The number of hydrogen-bond acceptors (Lipinski definition) is 0. The Hall–Kier alpha value is 0.360. The van der Waals surface area contributed by atoms with Crippen LogP contribution in [0.1, 0.15) is 0 Å². The summed E-state index contributed by atoms with van der Waals surface area (Å²) in [5.74, 6) is 0. The average molecular weight is 469 g/mol. The second-order valence-electron chi connectivity index (χ2n) is 3.17. The van der Waals surface area contributed by atoms with Crippen molar-refractivity contribution < 1.29 is 0 Å². The van der Waals surface area contributed by atoms with Crippen LogP contribution in [0.5, 0.6) is 0 Å². The number of hydrogen-bond donors (Lipinski definition) is 0. The van der Waals surface area contributed by atoms with E-state index in [1.54, 1.807) is 0 Å². The molecule has 2 aromatic rings. The summed E-state index contributed by atoms with van der Waals surface area (Å²) in [5, 5.41) is 0. The fraction of sp³-hybridized carbons (Fsp3) is 0.